The van der Waals surface area contributed by atoms with Crippen LogP contribution in [0.4, 0.5) is 0 Å². The fraction of sp³-hybridized carbons (Fsp3) is 0.455. The fourth-order valence-corrected chi connectivity index (χ4v) is 2.59. The maximum Gasteiger partial charge on any atom is 0.184 e. The third-order valence-electron chi connectivity index (χ3n) is 3.98. The maximum absolute atomic E-state index is 6.09. The highest BCUT2D eigenvalue weighted by Gasteiger charge is 2.16. The molecule has 2 rings (SSSR count). The van der Waals surface area contributed by atoms with E-state index < -0.39 is 0 Å². The zero-order valence-corrected chi connectivity index (χ0v) is 15.9. The smallest absolute Gasteiger partial charge is 0.184 e. The molecule has 25 heavy (non-hydrogen) atoms. The first-order valence-corrected chi connectivity index (χ1v) is 9.16. The summed E-state index contributed by atoms with van der Waals surface area (Å²) >= 11 is 0. The van der Waals surface area contributed by atoms with Crippen LogP contribution >= 0.6 is 0 Å². The summed E-state index contributed by atoms with van der Waals surface area (Å²) in [6, 6.07) is 14.5. The minimum absolute atomic E-state index is 0.335. The summed E-state index contributed by atoms with van der Waals surface area (Å²) in [6.45, 7) is 10.2. The summed E-state index contributed by atoms with van der Waals surface area (Å²) in [7, 11) is 0. The summed E-state index contributed by atoms with van der Waals surface area (Å²) in [5.41, 5.74) is 4.49. The molecule has 0 saturated heterocycles. The summed E-state index contributed by atoms with van der Waals surface area (Å²) < 4.78 is 18.0. The number of benzene rings is 2. The zero-order valence-electron chi connectivity index (χ0n) is 15.9. The predicted octanol–water partition coefficient (Wildman–Crippen LogP) is 5.73. The average molecular weight is 342 g/mol. The van der Waals surface area contributed by atoms with Crippen molar-refractivity contribution < 1.29 is 14.2 Å². The molecule has 0 aromatic heterocycles. The van der Waals surface area contributed by atoms with E-state index in [0.717, 1.165) is 35.3 Å². The van der Waals surface area contributed by atoms with Crippen LogP contribution in [0.15, 0.2) is 42.5 Å². The van der Waals surface area contributed by atoms with Crippen LogP contribution in [0.3, 0.4) is 0 Å². The van der Waals surface area contributed by atoms with Gasteiger partial charge in [-0.15, -0.1) is 0 Å². The van der Waals surface area contributed by atoms with Crippen molar-refractivity contribution in [1.82, 2.24) is 0 Å². The van der Waals surface area contributed by atoms with Crippen LogP contribution in [-0.2, 0) is 16.1 Å². The number of hydrogen-bond acceptors (Lipinski definition) is 3. The Morgan fingerprint density at radius 3 is 2.24 bits per heavy atom. The van der Waals surface area contributed by atoms with E-state index in [1.165, 1.54) is 5.56 Å². The van der Waals surface area contributed by atoms with Crippen molar-refractivity contribution in [2.75, 3.05) is 13.2 Å². The molecule has 0 radical (unpaired) electrons. The Labute approximate surface area is 151 Å². The van der Waals surface area contributed by atoms with Gasteiger partial charge in [0, 0.05) is 18.8 Å². The molecular weight excluding hydrogens is 312 g/mol. The second kappa shape index (κ2) is 10.2. The fourth-order valence-electron chi connectivity index (χ4n) is 2.59. The molecule has 0 aliphatic carbocycles. The maximum atomic E-state index is 6.09. The van der Waals surface area contributed by atoms with Crippen molar-refractivity contribution >= 4 is 0 Å². The van der Waals surface area contributed by atoms with Crippen LogP contribution in [0.5, 0.6) is 5.75 Å². The molecule has 3 heteroatoms. The molecular formula is C22H30O3. The van der Waals surface area contributed by atoms with E-state index >= 15 is 0 Å². The normalized spacial score (nSPS) is 11.1. The molecule has 0 amide bonds. The van der Waals surface area contributed by atoms with Gasteiger partial charge < -0.3 is 14.2 Å². The highest BCUT2D eigenvalue weighted by Crippen LogP contribution is 2.26. The Kier molecular flexibility index (Phi) is 7.96. The van der Waals surface area contributed by atoms with Gasteiger partial charge in [0.25, 0.3) is 0 Å². The molecule has 0 heterocycles. The number of aryl methyl sites for hydroxylation is 2. The molecule has 0 saturated carbocycles. The lowest BCUT2D eigenvalue weighted by atomic mass is 10.1. The largest absolute Gasteiger partial charge is 0.489 e. The number of hydrogen-bond donors (Lipinski definition) is 0. The Balaban J connectivity index is 2.16. The molecule has 0 N–H and O–H groups in total. The minimum atomic E-state index is -0.335. The van der Waals surface area contributed by atoms with E-state index in [1.807, 2.05) is 12.1 Å². The van der Waals surface area contributed by atoms with Crippen molar-refractivity contribution in [3.05, 3.63) is 64.7 Å². The minimum Gasteiger partial charge on any atom is -0.489 e. The summed E-state index contributed by atoms with van der Waals surface area (Å²) in [6.07, 6.45) is 1.60. The number of ether oxygens (including phenoxy) is 3. The first kappa shape index (κ1) is 19.5. The molecule has 0 fully saturated rings. The zero-order chi connectivity index (χ0) is 18.1. The van der Waals surface area contributed by atoms with Crippen LogP contribution in [0, 0.1) is 13.8 Å². The van der Waals surface area contributed by atoms with Crippen molar-refractivity contribution in [3.8, 4) is 5.75 Å². The van der Waals surface area contributed by atoms with Gasteiger partial charge in [-0.3, -0.25) is 0 Å². The van der Waals surface area contributed by atoms with E-state index in [2.05, 4.69) is 58.0 Å². The topological polar surface area (TPSA) is 27.7 Å². The highest BCUT2D eigenvalue weighted by molar-refractivity contribution is 5.36. The number of rotatable bonds is 10. The van der Waals surface area contributed by atoms with Gasteiger partial charge in [0.15, 0.2) is 6.29 Å². The van der Waals surface area contributed by atoms with Crippen LogP contribution in [-0.4, -0.2) is 13.2 Å². The molecule has 3 nitrogen and oxygen atoms in total. The second-order valence-electron chi connectivity index (χ2n) is 6.33. The van der Waals surface area contributed by atoms with E-state index in [0.29, 0.717) is 19.8 Å². The van der Waals surface area contributed by atoms with Gasteiger partial charge in [0.1, 0.15) is 12.4 Å². The van der Waals surface area contributed by atoms with E-state index in [4.69, 9.17) is 14.2 Å². The van der Waals surface area contributed by atoms with E-state index in [-0.39, 0.29) is 6.29 Å². The Morgan fingerprint density at radius 1 is 0.880 bits per heavy atom. The quantitative estimate of drug-likeness (QED) is 0.516. The lowest BCUT2D eigenvalue weighted by molar-refractivity contribution is -0.147. The molecule has 0 bridgehead atoms. The monoisotopic (exact) mass is 342 g/mol. The van der Waals surface area contributed by atoms with Gasteiger partial charge in [-0.1, -0.05) is 50.2 Å². The first-order valence-electron chi connectivity index (χ1n) is 9.16. The van der Waals surface area contributed by atoms with Crippen LogP contribution in [0.25, 0.3) is 0 Å². The Morgan fingerprint density at radius 2 is 1.56 bits per heavy atom. The standard InChI is InChI=1S/C22H30O3/c1-5-13-23-22(24-14-6-2)20-10-8-7-9-19(20)16-25-21-15-17(3)11-12-18(21)4/h7-12,15,22H,5-6,13-14,16H2,1-4H3. The van der Waals surface area contributed by atoms with Gasteiger partial charge in [-0.2, -0.15) is 0 Å². The Bertz CT molecular complexity index is 643. The lowest BCUT2D eigenvalue weighted by Gasteiger charge is -2.21. The summed E-state index contributed by atoms with van der Waals surface area (Å²) in [5, 5.41) is 0. The molecule has 2 aromatic rings. The molecule has 0 aliphatic rings. The second-order valence-corrected chi connectivity index (χ2v) is 6.33. The van der Waals surface area contributed by atoms with Gasteiger partial charge in [0.2, 0.25) is 0 Å². The SMILES string of the molecule is CCCOC(OCCC)c1ccccc1COc1cc(C)ccc1C. The van der Waals surface area contributed by atoms with Crippen LogP contribution < -0.4 is 4.74 Å². The summed E-state index contributed by atoms with van der Waals surface area (Å²) in [4.78, 5) is 0. The van der Waals surface area contributed by atoms with E-state index in [9.17, 15) is 0 Å². The van der Waals surface area contributed by atoms with Crippen molar-refractivity contribution in [3.63, 3.8) is 0 Å². The van der Waals surface area contributed by atoms with Crippen molar-refractivity contribution in [2.45, 2.75) is 53.4 Å². The average Bonchev–Trinajstić information content (AvgIpc) is 2.63. The van der Waals surface area contributed by atoms with Crippen LogP contribution in [0.1, 0.15) is 55.2 Å². The molecule has 0 spiro atoms. The van der Waals surface area contributed by atoms with Crippen molar-refractivity contribution in [2.24, 2.45) is 0 Å². The molecule has 136 valence electrons. The molecule has 0 aliphatic heterocycles. The molecule has 2 aromatic carbocycles. The van der Waals surface area contributed by atoms with E-state index in [1.54, 1.807) is 0 Å². The van der Waals surface area contributed by atoms with Crippen molar-refractivity contribution in [1.29, 1.82) is 0 Å². The third-order valence-corrected chi connectivity index (χ3v) is 3.98. The predicted molar refractivity (Wildman–Crippen MR) is 102 cm³/mol. The lowest BCUT2D eigenvalue weighted by Crippen LogP contribution is -2.13. The van der Waals surface area contributed by atoms with Gasteiger partial charge in [-0.05, 0) is 49.4 Å². The first-order chi connectivity index (χ1) is 12.2. The van der Waals surface area contributed by atoms with Gasteiger partial charge >= 0.3 is 0 Å². The van der Waals surface area contributed by atoms with Gasteiger partial charge in [-0.25, -0.2) is 0 Å². The third kappa shape index (κ3) is 5.87. The van der Waals surface area contributed by atoms with Crippen LogP contribution in [0.2, 0.25) is 0 Å². The Hall–Kier alpha value is -1.84. The highest BCUT2D eigenvalue weighted by atomic mass is 16.7. The molecule has 0 atom stereocenters. The van der Waals surface area contributed by atoms with Gasteiger partial charge in [0.05, 0.1) is 0 Å². The molecule has 0 unspecified atom stereocenters. The summed E-state index contributed by atoms with van der Waals surface area (Å²) in [5.74, 6) is 0.926.